The number of hydrogen-bond donors (Lipinski definition) is 1. The standard InChI is InChI=1S/C14H17N2O2/c1-9-7-13-14(8-10(9)2)16(18)12-6-4-3-5-11(12)15(13)17/h7-8,17H,3-6H2,1-2H3/q+1. The third-order valence-electron chi connectivity index (χ3n) is 3.95. The summed E-state index contributed by atoms with van der Waals surface area (Å²) in [5, 5.41) is 10.3. The Kier molecular flexibility index (Phi) is 2.40. The zero-order valence-corrected chi connectivity index (χ0v) is 10.7. The van der Waals surface area contributed by atoms with Gasteiger partial charge in [0.2, 0.25) is 0 Å². The predicted octanol–water partition coefficient (Wildman–Crippen LogP) is 2.29. The Morgan fingerprint density at radius 2 is 1.83 bits per heavy atom. The van der Waals surface area contributed by atoms with Crippen molar-refractivity contribution in [2.75, 3.05) is 0 Å². The van der Waals surface area contributed by atoms with Gasteiger partial charge in [-0.1, -0.05) is 0 Å². The van der Waals surface area contributed by atoms with E-state index in [4.69, 9.17) is 0 Å². The maximum atomic E-state index is 12.4. The van der Waals surface area contributed by atoms with Crippen molar-refractivity contribution < 1.29 is 9.63 Å². The molecular weight excluding hydrogens is 228 g/mol. The third kappa shape index (κ3) is 1.45. The molecular formula is C14H17N2O2+. The molecule has 0 bridgehead atoms. The second-order valence-electron chi connectivity index (χ2n) is 5.13. The first-order chi connectivity index (χ1) is 8.59. The van der Waals surface area contributed by atoms with Crippen LogP contribution in [0.1, 0.15) is 35.4 Å². The predicted molar refractivity (Wildman–Crippen MR) is 68.6 cm³/mol. The molecule has 18 heavy (non-hydrogen) atoms. The molecule has 4 nitrogen and oxygen atoms in total. The normalized spacial score (nSPS) is 14.8. The lowest BCUT2D eigenvalue weighted by Gasteiger charge is -2.14. The van der Waals surface area contributed by atoms with Gasteiger partial charge in [-0.05, 0) is 50.3 Å². The fraction of sp³-hybridized carbons (Fsp3) is 0.429. The molecule has 94 valence electrons. The van der Waals surface area contributed by atoms with Crippen molar-refractivity contribution in [3.8, 4) is 0 Å². The molecule has 0 saturated carbocycles. The van der Waals surface area contributed by atoms with E-state index in [0.717, 1.165) is 52.6 Å². The lowest BCUT2D eigenvalue weighted by Crippen LogP contribution is -2.30. The van der Waals surface area contributed by atoms with E-state index in [0.29, 0.717) is 11.0 Å². The van der Waals surface area contributed by atoms with Crippen LogP contribution < -0.4 is 4.43 Å². The number of rotatable bonds is 0. The van der Waals surface area contributed by atoms with E-state index in [-0.39, 0.29) is 0 Å². The van der Waals surface area contributed by atoms with Crippen LogP contribution in [0.2, 0.25) is 0 Å². The first-order valence-electron chi connectivity index (χ1n) is 6.39. The van der Waals surface area contributed by atoms with Gasteiger partial charge >= 0.3 is 0 Å². The van der Waals surface area contributed by atoms with Crippen molar-refractivity contribution >= 4 is 11.0 Å². The summed E-state index contributed by atoms with van der Waals surface area (Å²) in [5.74, 6) is 0. The summed E-state index contributed by atoms with van der Waals surface area (Å²) in [6.45, 7) is 3.97. The number of aryl methyl sites for hydroxylation is 2. The van der Waals surface area contributed by atoms with Crippen molar-refractivity contribution in [1.29, 1.82) is 0 Å². The van der Waals surface area contributed by atoms with Crippen LogP contribution >= 0.6 is 0 Å². The lowest BCUT2D eigenvalue weighted by molar-refractivity contribution is -0.477. The molecule has 0 saturated heterocycles. The first-order valence-corrected chi connectivity index (χ1v) is 6.39. The van der Waals surface area contributed by atoms with Crippen molar-refractivity contribution in [1.82, 2.24) is 4.73 Å². The van der Waals surface area contributed by atoms with Gasteiger partial charge < -0.3 is 5.21 Å². The fourth-order valence-electron chi connectivity index (χ4n) is 2.73. The smallest absolute Gasteiger partial charge is 0.290 e. The molecule has 0 spiro atoms. The van der Waals surface area contributed by atoms with Gasteiger partial charge in [0, 0.05) is 17.4 Å². The SMILES string of the molecule is Cc1cc2c(cc1C)[n+](=O)c1c(n2O)CCCC1. The maximum absolute atomic E-state index is 12.4. The second kappa shape index (κ2) is 3.83. The zero-order chi connectivity index (χ0) is 12.9. The molecule has 2 aromatic rings. The van der Waals surface area contributed by atoms with Crippen LogP contribution in [0.25, 0.3) is 11.0 Å². The highest BCUT2D eigenvalue weighted by molar-refractivity contribution is 5.74. The average Bonchev–Trinajstić information content (AvgIpc) is 2.38. The van der Waals surface area contributed by atoms with Crippen LogP contribution in [0.3, 0.4) is 0 Å². The van der Waals surface area contributed by atoms with E-state index in [9.17, 15) is 10.1 Å². The Hall–Kier alpha value is -1.84. The molecule has 4 heteroatoms. The molecule has 0 fully saturated rings. The van der Waals surface area contributed by atoms with Gasteiger partial charge in [0.25, 0.3) is 11.2 Å². The van der Waals surface area contributed by atoms with E-state index < -0.39 is 0 Å². The quantitative estimate of drug-likeness (QED) is 0.572. The number of fused-ring (bicyclic) bond motifs is 2. The molecule has 1 aromatic heterocycles. The molecule has 1 aliphatic rings. The van der Waals surface area contributed by atoms with Gasteiger partial charge in [0.1, 0.15) is 5.69 Å². The van der Waals surface area contributed by atoms with E-state index in [2.05, 4.69) is 0 Å². The Bertz CT molecular complexity index is 701. The van der Waals surface area contributed by atoms with E-state index >= 15 is 0 Å². The van der Waals surface area contributed by atoms with E-state index in [1.807, 2.05) is 26.0 Å². The highest BCUT2D eigenvalue weighted by atomic mass is 16.5. The van der Waals surface area contributed by atoms with E-state index in [1.54, 1.807) is 0 Å². The van der Waals surface area contributed by atoms with E-state index in [1.165, 1.54) is 4.73 Å². The Morgan fingerprint density at radius 3 is 2.61 bits per heavy atom. The molecule has 0 amide bonds. The molecule has 1 aliphatic carbocycles. The maximum Gasteiger partial charge on any atom is 0.290 e. The van der Waals surface area contributed by atoms with Crippen LogP contribution in [-0.2, 0) is 12.8 Å². The lowest BCUT2D eigenvalue weighted by atomic mass is 9.99. The minimum absolute atomic E-state index is 0.557. The monoisotopic (exact) mass is 245 g/mol. The minimum Gasteiger partial charge on any atom is -0.428 e. The third-order valence-corrected chi connectivity index (χ3v) is 3.95. The molecule has 0 atom stereocenters. The van der Waals surface area contributed by atoms with Gasteiger partial charge in [-0.15, -0.1) is 0 Å². The van der Waals surface area contributed by atoms with Crippen LogP contribution in [0.5, 0.6) is 0 Å². The number of nitrogens with zero attached hydrogens (tertiary/aromatic N) is 2. The molecule has 0 aliphatic heterocycles. The average molecular weight is 245 g/mol. The summed E-state index contributed by atoms with van der Waals surface area (Å²) >= 11 is 0. The first kappa shape index (κ1) is 11.3. The number of hydrogen-bond acceptors (Lipinski definition) is 2. The minimum atomic E-state index is 0.557. The molecule has 0 radical (unpaired) electrons. The summed E-state index contributed by atoms with van der Waals surface area (Å²) < 4.78 is 2.22. The highest BCUT2D eigenvalue weighted by Gasteiger charge is 2.27. The summed E-state index contributed by atoms with van der Waals surface area (Å²) in [4.78, 5) is 12.4. The van der Waals surface area contributed by atoms with Crippen LogP contribution in [0, 0.1) is 18.8 Å². The topological polar surface area (TPSA) is 48.1 Å². The van der Waals surface area contributed by atoms with Crippen LogP contribution in [-0.4, -0.2) is 9.94 Å². The summed E-state index contributed by atoms with van der Waals surface area (Å²) in [5.41, 5.74) is 4.81. The second-order valence-corrected chi connectivity index (χ2v) is 5.13. The molecule has 3 rings (SSSR count). The Balaban J connectivity index is 2.48. The van der Waals surface area contributed by atoms with Crippen LogP contribution in [0.15, 0.2) is 12.1 Å². The molecule has 1 aromatic carbocycles. The fourth-order valence-corrected chi connectivity index (χ4v) is 2.73. The van der Waals surface area contributed by atoms with Crippen molar-refractivity contribution in [2.24, 2.45) is 0 Å². The summed E-state index contributed by atoms with van der Waals surface area (Å²) in [7, 11) is 0. The largest absolute Gasteiger partial charge is 0.428 e. The molecule has 1 heterocycles. The zero-order valence-electron chi connectivity index (χ0n) is 10.7. The summed E-state index contributed by atoms with van der Waals surface area (Å²) in [6.07, 6.45) is 3.58. The van der Waals surface area contributed by atoms with Gasteiger partial charge in [-0.25, -0.2) is 0 Å². The van der Waals surface area contributed by atoms with Gasteiger partial charge in [0.05, 0.1) is 4.43 Å². The highest BCUT2D eigenvalue weighted by Crippen LogP contribution is 2.23. The van der Waals surface area contributed by atoms with Crippen molar-refractivity contribution in [2.45, 2.75) is 39.5 Å². The Labute approximate surface area is 105 Å². The Morgan fingerprint density at radius 1 is 1.17 bits per heavy atom. The van der Waals surface area contributed by atoms with Crippen molar-refractivity contribution in [3.63, 3.8) is 0 Å². The van der Waals surface area contributed by atoms with Gasteiger partial charge in [-0.2, -0.15) is 4.73 Å². The molecule has 0 unspecified atom stereocenters. The summed E-state index contributed by atoms with van der Waals surface area (Å²) in [6, 6.07) is 3.74. The van der Waals surface area contributed by atoms with Gasteiger partial charge in [-0.3, -0.25) is 0 Å². The molecule has 1 N–H and O–H groups in total. The van der Waals surface area contributed by atoms with Crippen LogP contribution in [0.4, 0.5) is 0 Å². The number of benzene rings is 1. The van der Waals surface area contributed by atoms with Gasteiger partial charge in [0.15, 0.2) is 5.52 Å². The number of aromatic nitrogens is 2. The van der Waals surface area contributed by atoms with Crippen molar-refractivity contribution in [3.05, 3.63) is 39.6 Å².